The van der Waals surface area contributed by atoms with Gasteiger partial charge in [-0.25, -0.2) is 0 Å². The maximum Gasteiger partial charge on any atom is 0.0546 e. The Morgan fingerprint density at radius 2 is 2.00 bits per heavy atom. The van der Waals surface area contributed by atoms with Crippen LogP contribution in [0.4, 0.5) is 0 Å². The van der Waals surface area contributed by atoms with Crippen LogP contribution < -0.4 is 5.32 Å². The molecule has 0 aromatic rings. The third kappa shape index (κ3) is 5.54. The van der Waals surface area contributed by atoms with Gasteiger partial charge >= 0.3 is 0 Å². The largest absolute Gasteiger partial charge is 0.381 e. The molecule has 2 unspecified atom stereocenters. The monoisotopic (exact) mass is 296 g/mol. The van der Waals surface area contributed by atoms with Gasteiger partial charge in [-0.15, -0.1) is 0 Å². The fourth-order valence-electron chi connectivity index (χ4n) is 3.68. The van der Waals surface area contributed by atoms with Crippen LogP contribution in [0.5, 0.6) is 0 Å². The quantitative estimate of drug-likeness (QED) is 0.860. The van der Waals surface area contributed by atoms with Crippen molar-refractivity contribution in [3.8, 4) is 0 Å². The highest BCUT2D eigenvalue weighted by Gasteiger charge is 2.36. The van der Waals surface area contributed by atoms with Crippen molar-refractivity contribution in [2.24, 2.45) is 5.41 Å². The Morgan fingerprint density at radius 1 is 1.19 bits per heavy atom. The molecule has 2 fully saturated rings. The smallest absolute Gasteiger partial charge is 0.0546 e. The zero-order chi connectivity index (χ0) is 15.3. The minimum atomic E-state index is 0.189. The van der Waals surface area contributed by atoms with Crippen molar-refractivity contribution in [2.45, 2.75) is 77.8 Å². The Hall–Kier alpha value is -0.120. The van der Waals surface area contributed by atoms with Crippen molar-refractivity contribution < 1.29 is 4.74 Å². The fourth-order valence-corrected chi connectivity index (χ4v) is 3.68. The van der Waals surface area contributed by atoms with Crippen LogP contribution in [0.1, 0.15) is 66.2 Å². The summed E-state index contributed by atoms with van der Waals surface area (Å²) in [5.41, 5.74) is 0.499. The van der Waals surface area contributed by atoms with Gasteiger partial charge in [-0.1, -0.05) is 12.8 Å². The van der Waals surface area contributed by atoms with Gasteiger partial charge in [0.05, 0.1) is 6.61 Å². The number of nitrogens with one attached hydrogen (secondary N) is 1. The Labute approximate surface area is 131 Å². The first-order valence-corrected chi connectivity index (χ1v) is 8.97. The molecule has 0 spiro atoms. The molecule has 21 heavy (non-hydrogen) atoms. The molecule has 3 heteroatoms. The molecule has 1 N–H and O–H groups in total. The van der Waals surface area contributed by atoms with E-state index in [-0.39, 0.29) is 5.54 Å². The highest BCUT2D eigenvalue weighted by atomic mass is 16.5. The fraction of sp³-hybridized carbons (Fsp3) is 1.00. The average molecular weight is 296 g/mol. The van der Waals surface area contributed by atoms with Crippen LogP contribution in [0.2, 0.25) is 0 Å². The third-order valence-electron chi connectivity index (χ3n) is 5.13. The summed E-state index contributed by atoms with van der Waals surface area (Å²) in [6.07, 6.45) is 8.07. The SMILES string of the molecule is CC1CCCCCN1CC1(CNC(C)(C)C)CCCOC1. The van der Waals surface area contributed by atoms with Gasteiger partial charge in [-0.2, -0.15) is 0 Å². The second kappa shape index (κ2) is 7.43. The van der Waals surface area contributed by atoms with E-state index in [2.05, 4.69) is 37.9 Å². The lowest BCUT2D eigenvalue weighted by atomic mass is 9.80. The molecule has 2 heterocycles. The van der Waals surface area contributed by atoms with Gasteiger partial charge in [0.15, 0.2) is 0 Å². The molecule has 2 saturated heterocycles. The lowest BCUT2D eigenvalue weighted by molar-refractivity contribution is -0.0339. The minimum Gasteiger partial charge on any atom is -0.381 e. The number of hydrogen-bond donors (Lipinski definition) is 1. The molecule has 2 atom stereocenters. The van der Waals surface area contributed by atoms with Gasteiger partial charge in [0.25, 0.3) is 0 Å². The number of nitrogens with zero attached hydrogens (tertiary/aromatic N) is 1. The van der Waals surface area contributed by atoms with Gasteiger partial charge in [0.1, 0.15) is 0 Å². The zero-order valence-electron chi connectivity index (χ0n) is 14.7. The van der Waals surface area contributed by atoms with E-state index in [1.54, 1.807) is 0 Å². The highest BCUT2D eigenvalue weighted by Crippen LogP contribution is 2.32. The van der Waals surface area contributed by atoms with Gasteiger partial charge < -0.3 is 10.1 Å². The van der Waals surface area contributed by atoms with Crippen LogP contribution in [0.25, 0.3) is 0 Å². The Kier molecular flexibility index (Phi) is 6.10. The molecule has 2 aliphatic heterocycles. The molecule has 0 aromatic heterocycles. The van der Waals surface area contributed by atoms with E-state index in [4.69, 9.17) is 4.74 Å². The lowest BCUT2D eigenvalue weighted by Gasteiger charge is -2.44. The minimum absolute atomic E-state index is 0.189. The summed E-state index contributed by atoms with van der Waals surface area (Å²) in [4.78, 5) is 2.74. The van der Waals surface area contributed by atoms with Gasteiger partial charge in [-0.05, 0) is 59.9 Å². The van der Waals surface area contributed by atoms with Gasteiger partial charge in [0, 0.05) is 36.7 Å². The predicted octanol–water partition coefficient (Wildman–Crippen LogP) is 3.44. The van der Waals surface area contributed by atoms with Gasteiger partial charge in [-0.3, -0.25) is 4.90 Å². The molecular formula is C18H36N2O. The first-order valence-electron chi connectivity index (χ1n) is 8.97. The molecule has 124 valence electrons. The molecule has 0 bridgehead atoms. The van der Waals surface area contributed by atoms with E-state index in [0.717, 1.165) is 25.8 Å². The van der Waals surface area contributed by atoms with E-state index in [9.17, 15) is 0 Å². The van der Waals surface area contributed by atoms with Crippen molar-refractivity contribution in [1.29, 1.82) is 0 Å². The molecular weight excluding hydrogens is 260 g/mol. The van der Waals surface area contributed by atoms with Crippen LogP contribution in [0, 0.1) is 5.41 Å². The van der Waals surface area contributed by atoms with E-state index in [1.165, 1.54) is 51.6 Å². The van der Waals surface area contributed by atoms with Crippen LogP contribution in [0.3, 0.4) is 0 Å². The molecule has 0 amide bonds. The van der Waals surface area contributed by atoms with Crippen molar-refractivity contribution >= 4 is 0 Å². The molecule has 3 nitrogen and oxygen atoms in total. The van der Waals surface area contributed by atoms with E-state index < -0.39 is 0 Å². The molecule has 0 aromatic carbocycles. The topological polar surface area (TPSA) is 24.5 Å². The first-order chi connectivity index (χ1) is 9.90. The Balaban J connectivity index is 2.00. The second-order valence-corrected chi connectivity index (χ2v) is 8.43. The number of ether oxygens (including phenoxy) is 1. The zero-order valence-corrected chi connectivity index (χ0v) is 14.7. The van der Waals surface area contributed by atoms with Gasteiger partial charge in [0.2, 0.25) is 0 Å². The number of hydrogen-bond acceptors (Lipinski definition) is 3. The van der Waals surface area contributed by atoms with Crippen LogP contribution in [0.15, 0.2) is 0 Å². The Bertz CT molecular complexity index is 305. The first kappa shape index (κ1) is 17.2. The van der Waals surface area contributed by atoms with Crippen LogP contribution in [-0.4, -0.2) is 49.3 Å². The lowest BCUT2D eigenvalue weighted by Crippen LogP contribution is -2.53. The normalized spacial score (nSPS) is 32.9. The van der Waals surface area contributed by atoms with Crippen LogP contribution >= 0.6 is 0 Å². The standard InChI is InChI=1S/C18H36N2O/c1-16-9-6-5-7-11-20(16)14-18(10-8-12-21-15-18)13-19-17(2,3)4/h16,19H,5-15H2,1-4H3. The Morgan fingerprint density at radius 3 is 2.67 bits per heavy atom. The number of likely N-dealkylation sites (tertiary alicyclic amines) is 1. The van der Waals surface area contributed by atoms with Crippen molar-refractivity contribution in [3.05, 3.63) is 0 Å². The summed E-state index contributed by atoms with van der Waals surface area (Å²) in [6.45, 7) is 14.7. The summed E-state index contributed by atoms with van der Waals surface area (Å²) >= 11 is 0. The molecule has 2 aliphatic rings. The van der Waals surface area contributed by atoms with Crippen molar-refractivity contribution in [3.63, 3.8) is 0 Å². The van der Waals surface area contributed by atoms with E-state index >= 15 is 0 Å². The van der Waals surface area contributed by atoms with Crippen LogP contribution in [-0.2, 0) is 4.74 Å². The molecule has 0 aliphatic carbocycles. The van der Waals surface area contributed by atoms with Crippen molar-refractivity contribution in [1.82, 2.24) is 10.2 Å². The summed E-state index contributed by atoms with van der Waals surface area (Å²) in [5.74, 6) is 0. The summed E-state index contributed by atoms with van der Waals surface area (Å²) < 4.78 is 5.89. The summed E-state index contributed by atoms with van der Waals surface area (Å²) in [5, 5.41) is 3.75. The highest BCUT2D eigenvalue weighted by molar-refractivity contribution is 4.91. The summed E-state index contributed by atoms with van der Waals surface area (Å²) in [7, 11) is 0. The number of rotatable bonds is 4. The molecule has 0 radical (unpaired) electrons. The third-order valence-corrected chi connectivity index (χ3v) is 5.13. The van der Waals surface area contributed by atoms with Crippen molar-refractivity contribution in [2.75, 3.05) is 32.8 Å². The van der Waals surface area contributed by atoms with E-state index in [0.29, 0.717) is 5.41 Å². The maximum absolute atomic E-state index is 5.89. The summed E-state index contributed by atoms with van der Waals surface area (Å²) in [6, 6.07) is 0.737. The second-order valence-electron chi connectivity index (χ2n) is 8.43. The predicted molar refractivity (Wildman–Crippen MR) is 89.7 cm³/mol. The average Bonchev–Trinajstić information content (AvgIpc) is 2.63. The molecule has 0 saturated carbocycles. The maximum atomic E-state index is 5.89. The molecule has 2 rings (SSSR count). The van der Waals surface area contributed by atoms with E-state index in [1.807, 2.05) is 0 Å².